The quantitative estimate of drug-likeness (QED) is 0.0809. The molecule has 0 aliphatic carbocycles. The second-order valence-corrected chi connectivity index (χ2v) is 35.8. The van der Waals surface area contributed by atoms with E-state index in [2.05, 4.69) is 516 Å². The molecule has 26 aromatic rings. The molecule has 6 nitrogen and oxygen atoms in total. The summed E-state index contributed by atoms with van der Waals surface area (Å²) in [6.45, 7) is 0. The molecule has 0 spiro atoms. The smallest absolute Gasteiger partial charge is 0.136 e. The second-order valence-electron chi connectivity index (χ2n) is 35.8. The number of para-hydroxylation sites is 5. The van der Waals surface area contributed by atoms with Gasteiger partial charge in [-0.05, 0) is 286 Å². The normalized spacial score (nSPS) is 11.6. The van der Waals surface area contributed by atoms with E-state index in [1.165, 1.54) is 54.8 Å². The zero-order valence-electron chi connectivity index (χ0n) is 75.3. The standard InChI is InChI=1S/C132H86N4O2/c1-2-19-87(20-3-1)88-41-43-91(44-42-88)92-53-68-107(69-54-92)133(109-74-63-99(64-75-109)101-21-14-24-105(83-101)115-32-17-39-129-131(115)120-30-7-12-37-127(120)137-129)108-70-55-93(56-71-108)96-61-80-113(81-62-96)136-125-36-11-6-29-119(125)122-86-104(67-82-126(122)136)98-51-47-90(48-52-98)89-45-49-97(50-46-89)103-23-16-26-114(85-103)134(110-72-57-94(58-73-110)95-59-78-112(79-60-95)135-123-34-9-4-27-117(123)118-28-5-10-35-124(118)135)111-76-65-100(66-77-111)102-22-15-25-106(84-102)116-33-18-40-130-132(116)121-31-8-13-38-128(121)138-130/h1-86H. The Morgan fingerprint density at radius 2 is 0.377 bits per heavy atom. The maximum absolute atomic E-state index is 6.34. The first-order valence-corrected chi connectivity index (χ1v) is 47.2. The lowest BCUT2D eigenvalue weighted by Crippen LogP contribution is -2.10. The molecule has 0 unspecified atom stereocenters. The molecule has 0 fully saturated rings. The second kappa shape index (κ2) is 34.0. The summed E-state index contributed by atoms with van der Waals surface area (Å²) in [5, 5.41) is 9.44. The lowest BCUT2D eigenvalue weighted by molar-refractivity contribution is 0.668. The van der Waals surface area contributed by atoms with Gasteiger partial charge >= 0.3 is 0 Å². The number of fused-ring (bicyclic) bond motifs is 12. The van der Waals surface area contributed by atoms with Crippen LogP contribution in [0.15, 0.2) is 531 Å². The van der Waals surface area contributed by atoms with E-state index in [1.807, 2.05) is 24.3 Å². The molecule has 4 heterocycles. The summed E-state index contributed by atoms with van der Waals surface area (Å²) in [6, 6.07) is 190. The first kappa shape index (κ1) is 80.5. The number of anilines is 6. The van der Waals surface area contributed by atoms with Gasteiger partial charge < -0.3 is 27.8 Å². The lowest BCUT2D eigenvalue weighted by atomic mass is 9.95. The maximum Gasteiger partial charge on any atom is 0.136 e. The molecule has 0 radical (unpaired) electrons. The molecule has 22 aromatic carbocycles. The molecular weight excluding hydrogens is 1670 g/mol. The minimum absolute atomic E-state index is 0.889. The van der Waals surface area contributed by atoms with Crippen LogP contribution in [-0.4, -0.2) is 9.13 Å². The molecule has 646 valence electrons. The van der Waals surface area contributed by atoms with Crippen molar-refractivity contribution >= 4 is 122 Å². The number of nitrogens with zero attached hydrogens (tertiary/aromatic N) is 4. The van der Waals surface area contributed by atoms with E-state index in [0.717, 1.165) is 201 Å². The van der Waals surface area contributed by atoms with Gasteiger partial charge in [-0.15, -0.1) is 0 Å². The zero-order chi connectivity index (χ0) is 91.1. The molecule has 138 heavy (non-hydrogen) atoms. The highest BCUT2D eigenvalue weighted by molar-refractivity contribution is 6.15. The molecule has 0 aliphatic heterocycles. The van der Waals surface area contributed by atoms with Gasteiger partial charge in [0.25, 0.3) is 0 Å². The third-order valence-electron chi connectivity index (χ3n) is 27.8. The Labute approximate surface area is 799 Å². The molecule has 0 saturated carbocycles. The van der Waals surface area contributed by atoms with Crippen LogP contribution in [0.25, 0.3) is 221 Å². The summed E-state index contributed by atoms with van der Waals surface area (Å²) in [4.78, 5) is 4.74. The van der Waals surface area contributed by atoms with E-state index in [4.69, 9.17) is 8.83 Å². The van der Waals surface area contributed by atoms with Crippen LogP contribution in [0.4, 0.5) is 34.1 Å². The van der Waals surface area contributed by atoms with Crippen LogP contribution in [-0.2, 0) is 0 Å². The summed E-state index contributed by atoms with van der Waals surface area (Å²) in [6.07, 6.45) is 0. The van der Waals surface area contributed by atoms with Crippen molar-refractivity contribution in [3.8, 4) is 134 Å². The average molecular weight is 1760 g/mol. The van der Waals surface area contributed by atoms with Gasteiger partial charge in [-0.3, -0.25) is 0 Å². The molecular formula is C132H86N4O2. The van der Waals surface area contributed by atoms with Crippen molar-refractivity contribution in [2.45, 2.75) is 0 Å². The summed E-state index contributed by atoms with van der Waals surface area (Å²) >= 11 is 0. The van der Waals surface area contributed by atoms with Crippen molar-refractivity contribution in [3.05, 3.63) is 522 Å². The van der Waals surface area contributed by atoms with Gasteiger partial charge in [-0.1, -0.05) is 358 Å². The minimum Gasteiger partial charge on any atom is -0.456 e. The molecule has 0 atom stereocenters. The van der Waals surface area contributed by atoms with Crippen molar-refractivity contribution in [2.24, 2.45) is 0 Å². The summed E-state index contributed by atoms with van der Waals surface area (Å²) in [5.41, 5.74) is 42.2. The van der Waals surface area contributed by atoms with Gasteiger partial charge in [0, 0.05) is 88.6 Å². The average Bonchev–Trinajstić information content (AvgIpc) is 1.59. The summed E-state index contributed by atoms with van der Waals surface area (Å²) in [7, 11) is 0. The Bertz CT molecular complexity index is 9060. The minimum atomic E-state index is 0.889. The van der Waals surface area contributed by atoms with E-state index in [-0.39, 0.29) is 0 Å². The Morgan fingerprint density at radius 3 is 0.754 bits per heavy atom. The number of aromatic nitrogens is 2. The van der Waals surface area contributed by atoms with Crippen LogP contribution in [0.5, 0.6) is 0 Å². The Morgan fingerprint density at radius 1 is 0.138 bits per heavy atom. The van der Waals surface area contributed by atoms with Crippen molar-refractivity contribution in [1.29, 1.82) is 0 Å². The molecule has 0 N–H and O–H groups in total. The topological polar surface area (TPSA) is 42.6 Å². The predicted octanol–water partition coefficient (Wildman–Crippen LogP) is 37.0. The third-order valence-corrected chi connectivity index (χ3v) is 27.8. The van der Waals surface area contributed by atoms with Crippen molar-refractivity contribution < 1.29 is 8.83 Å². The van der Waals surface area contributed by atoms with E-state index < -0.39 is 0 Å². The van der Waals surface area contributed by atoms with Gasteiger partial charge in [0.1, 0.15) is 22.3 Å². The highest BCUT2D eigenvalue weighted by Gasteiger charge is 2.23. The first-order chi connectivity index (χ1) is 68.4. The fourth-order valence-electron chi connectivity index (χ4n) is 20.9. The van der Waals surface area contributed by atoms with E-state index >= 15 is 0 Å². The van der Waals surface area contributed by atoms with Crippen LogP contribution >= 0.6 is 0 Å². The largest absolute Gasteiger partial charge is 0.456 e. The van der Waals surface area contributed by atoms with Gasteiger partial charge in [0.15, 0.2) is 0 Å². The lowest BCUT2D eigenvalue weighted by Gasteiger charge is -2.26. The van der Waals surface area contributed by atoms with E-state index in [1.54, 1.807) is 0 Å². The van der Waals surface area contributed by atoms with Crippen molar-refractivity contribution in [2.75, 3.05) is 9.80 Å². The Hall–Kier alpha value is -18.4. The highest BCUT2D eigenvalue weighted by atomic mass is 16.3. The van der Waals surface area contributed by atoms with Crippen molar-refractivity contribution in [1.82, 2.24) is 9.13 Å². The van der Waals surface area contributed by atoms with Crippen LogP contribution in [0.2, 0.25) is 0 Å². The predicted molar refractivity (Wildman–Crippen MR) is 579 cm³/mol. The van der Waals surface area contributed by atoms with Crippen LogP contribution in [0.1, 0.15) is 0 Å². The maximum atomic E-state index is 6.34. The molecule has 0 aliphatic rings. The molecule has 0 saturated heterocycles. The first-order valence-electron chi connectivity index (χ1n) is 47.2. The van der Waals surface area contributed by atoms with Crippen LogP contribution < -0.4 is 9.80 Å². The van der Waals surface area contributed by atoms with Gasteiger partial charge in [-0.2, -0.15) is 0 Å². The van der Waals surface area contributed by atoms with Crippen LogP contribution in [0, 0.1) is 0 Å². The number of hydrogen-bond acceptors (Lipinski definition) is 4. The highest BCUT2D eigenvalue weighted by Crippen LogP contribution is 2.47. The number of furan rings is 2. The molecule has 6 heteroatoms. The van der Waals surface area contributed by atoms with Gasteiger partial charge in [-0.25, -0.2) is 0 Å². The molecule has 0 amide bonds. The molecule has 26 rings (SSSR count). The summed E-state index contributed by atoms with van der Waals surface area (Å²) < 4.78 is 17.4. The van der Waals surface area contributed by atoms with Crippen molar-refractivity contribution in [3.63, 3.8) is 0 Å². The number of hydrogen-bond donors (Lipinski definition) is 0. The van der Waals surface area contributed by atoms with E-state index in [0.29, 0.717) is 0 Å². The Balaban J connectivity index is 0.464. The molecule has 4 aromatic heterocycles. The zero-order valence-corrected chi connectivity index (χ0v) is 75.3. The summed E-state index contributed by atoms with van der Waals surface area (Å²) in [5.74, 6) is 0. The van der Waals surface area contributed by atoms with Crippen LogP contribution in [0.3, 0.4) is 0 Å². The monoisotopic (exact) mass is 1760 g/mol. The SMILES string of the molecule is c1ccc(-c2ccc(-c3ccc(N(c4ccc(-c5ccc(-n6c7ccccc7c7cc(-c8ccc(-c9ccc(-c%10cccc(N(c%11ccc(-c%12ccc(-n%13c%14ccccc%14c%14ccccc%14%13)cc%12)cc%11)c%11ccc(-c%12cccc(-c%13cccc%14oc%15ccccc%15c%13%14)c%12)cc%11)c%10)cc9)cc8)ccc76)cc5)cc4)c4ccc(-c5cccc(-c6cccc7oc8ccccc8c67)c5)cc4)cc3)cc2)cc1. The number of benzene rings is 22. The fraction of sp³-hybridized carbons (Fsp3) is 0. The van der Waals surface area contributed by atoms with Gasteiger partial charge in [0.2, 0.25) is 0 Å². The van der Waals surface area contributed by atoms with Gasteiger partial charge in [0.05, 0.1) is 22.1 Å². The third kappa shape index (κ3) is 14.6. The number of rotatable bonds is 19. The molecule has 0 bridgehead atoms. The Kier molecular flexibility index (Phi) is 19.9. The fourth-order valence-corrected chi connectivity index (χ4v) is 20.9. The van der Waals surface area contributed by atoms with E-state index in [9.17, 15) is 0 Å².